The lowest BCUT2D eigenvalue weighted by atomic mass is 9.77. The molecule has 8 rings (SSSR count). The molecule has 0 radical (unpaired) electrons. The minimum Gasteiger partial charge on any atom is -0.494 e. The average Bonchev–Trinajstić information content (AvgIpc) is 3.70. The average molecular weight is 826 g/mol. The largest absolute Gasteiger partial charge is 0.494 e. The molecule has 16 heteroatoms. The zero-order valence-corrected chi connectivity index (χ0v) is 33.3. The van der Waals surface area contributed by atoms with Gasteiger partial charge in [0, 0.05) is 78.3 Å². The van der Waals surface area contributed by atoms with Crippen molar-refractivity contribution in [2.75, 3.05) is 30.4 Å². The van der Waals surface area contributed by atoms with Crippen molar-refractivity contribution >= 4 is 57.8 Å². The van der Waals surface area contributed by atoms with Crippen LogP contribution in [0.4, 0.5) is 25.1 Å². The van der Waals surface area contributed by atoms with E-state index in [-0.39, 0.29) is 76.5 Å². The summed E-state index contributed by atoms with van der Waals surface area (Å²) < 4.78 is 45.4. The van der Waals surface area contributed by atoms with E-state index in [4.69, 9.17) is 26.8 Å². The van der Waals surface area contributed by atoms with Gasteiger partial charge in [-0.15, -0.1) is 0 Å². The van der Waals surface area contributed by atoms with Gasteiger partial charge in [0.25, 0.3) is 0 Å². The molecule has 3 heterocycles. The number of anilines is 2. The molecule has 1 aromatic heterocycles. The van der Waals surface area contributed by atoms with Gasteiger partial charge >= 0.3 is 6.03 Å². The van der Waals surface area contributed by atoms with Crippen LogP contribution in [0.1, 0.15) is 66.4 Å². The monoisotopic (exact) mass is 825 g/mol. The van der Waals surface area contributed by atoms with E-state index in [2.05, 4.69) is 21.0 Å². The van der Waals surface area contributed by atoms with Crippen molar-refractivity contribution in [1.29, 1.82) is 0 Å². The van der Waals surface area contributed by atoms with Gasteiger partial charge in [-0.05, 0) is 61.6 Å². The maximum Gasteiger partial charge on any atom is 0.329 e. The number of imide groups is 1. The summed E-state index contributed by atoms with van der Waals surface area (Å²) in [7, 11) is 3.04. The molecule has 2 fully saturated rings. The Morgan fingerprint density at radius 2 is 1.80 bits per heavy atom. The zero-order valence-electron chi connectivity index (χ0n) is 32.5. The van der Waals surface area contributed by atoms with Gasteiger partial charge in [-0.25, -0.2) is 13.6 Å². The summed E-state index contributed by atoms with van der Waals surface area (Å²) in [4.78, 5) is 51.8. The summed E-state index contributed by atoms with van der Waals surface area (Å²) in [6.07, 6.45) is 2.80. The summed E-state index contributed by atoms with van der Waals surface area (Å²) in [5, 5.41) is 13.9. The standard InChI is InChI=1S/C43H42ClF2N7O6/c1-22-34-32(20-29(45)37(44)36(34)35-28(39(47)55)15-16-31(58-3)38(35)46)59-43(22,24-7-5-4-6-8-24)21-48-25-11-9-23(10-12-25)41(56)49-26-13-14-27-30(19-26)52(2)51-40(27)53-18-17-33(54)50-42(53)57/h4-8,13-16,19-20,22-23,25,48H,9-12,17-18,21H2,1-3H3,(H2,47,55)(H,49,56)(H,50,54,57)/t22-,23?,25?,43-/m0/s1. The molecule has 306 valence electrons. The van der Waals surface area contributed by atoms with Gasteiger partial charge in [-0.2, -0.15) is 5.10 Å². The number of aryl methyl sites for hydroxylation is 1. The first-order valence-electron chi connectivity index (χ1n) is 19.4. The highest BCUT2D eigenvalue weighted by Crippen LogP contribution is 2.56. The van der Waals surface area contributed by atoms with Crippen molar-refractivity contribution in [3.05, 3.63) is 100 Å². The minimum absolute atomic E-state index is 0.0164. The molecule has 1 aliphatic carbocycles. The third-order valence-electron chi connectivity index (χ3n) is 11.9. The SMILES string of the molecule is COc1ccc(C(N)=O)c(-c2c(Cl)c(F)cc3c2[C@H](C)[C@@](CNC2CCC(C(=O)Nc4ccc5c(N6CCC(=O)NC6=O)nn(C)c5c4)CC2)(c2ccccc2)O3)c1F. The normalized spacial score (nSPS) is 21.5. The van der Waals surface area contributed by atoms with Gasteiger partial charge in [0.05, 0.1) is 23.2 Å². The van der Waals surface area contributed by atoms with E-state index >= 15 is 8.78 Å². The summed E-state index contributed by atoms with van der Waals surface area (Å²) in [5.41, 5.74) is 6.65. The van der Waals surface area contributed by atoms with Crippen LogP contribution in [0.2, 0.25) is 5.02 Å². The van der Waals surface area contributed by atoms with E-state index in [1.165, 1.54) is 30.2 Å². The third-order valence-corrected chi connectivity index (χ3v) is 12.3. The van der Waals surface area contributed by atoms with Gasteiger partial charge in [0.2, 0.25) is 17.7 Å². The molecule has 5 aromatic rings. The first kappa shape index (κ1) is 39.8. The number of aromatic nitrogens is 2. The van der Waals surface area contributed by atoms with Crippen LogP contribution < -0.4 is 36.1 Å². The number of carbonyl (C=O) groups excluding carboxylic acids is 4. The quantitative estimate of drug-likeness (QED) is 0.118. The van der Waals surface area contributed by atoms with Crippen molar-refractivity contribution in [1.82, 2.24) is 20.4 Å². The fraction of sp³-hybridized carbons (Fsp3) is 0.326. The number of nitrogens with two attached hydrogens (primary N) is 1. The lowest BCUT2D eigenvalue weighted by molar-refractivity contribution is -0.121. The maximum absolute atomic E-state index is 16.1. The Hall–Kier alpha value is -6.06. The number of nitrogens with one attached hydrogen (secondary N) is 3. The Morgan fingerprint density at radius 3 is 2.49 bits per heavy atom. The van der Waals surface area contributed by atoms with Crippen LogP contribution in [-0.2, 0) is 22.2 Å². The number of fused-ring (bicyclic) bond motifs is 2. The molecule has 5 N–H and O–H groups in total. The molecule has 2 aliphatic heterocycles. The summed E-state index contributed by atoms with van der Waals surface area (Å²) in [5.74, 6) is -3.46. The Kier molecular flexibility index (Phi) is 10.5. The number of carbonyl (C=O) groups is 4. The number of primary amides is 1. The fourth-order valence-corrected chi connectivity index (χ4v) is 9.01. The number of hydrogen-bond acceptors (Lipinski definition) is 8. The number of amides is 5. The molecule has 0 bridgehead atoms. The van der Waals surface area contributed by atoms with Crippen LogP contribution in [0.25, 0.3) is 22.0 Å². The number of benzene rings is 4. The van der Waals surface area contributed by atoms with E-state index in [1.807, 2.05) is 43.3 Å². The van der Waals surface area contributed by atoms with Crippen molar-refractivity contribution in [3.8, 4) is 22.6 Å². The second-order valence-electron chi connectivity index (χ2n) is 15.3. The van der Waals surface area contributed by atoms with Gasteiger partial charge in [-0.3, -0.25) is 29.3 Å². The Morgan fingerprint density at radius 1 is 1.05 bits per heavy atom. The Bertz CT molecular complexity index is 2530. The fourth-order valence-electron chi connectivity index (χ4n) is 8.76. The summed E-state index contributed by atoms with van der Waals surface area (Å²) in [6.45, 7) is 2.40. The van der Waals surface area contributed by atoms with E-state index in [9.17, 15) is 19.2 Å². The molecular formula is C43H42ClF2N7O6. The second kappa shape index (κ2) is 15.6. The molecule has 59 heavy (non-hydrogen) atoms. The first-order valence-corrected chi connectivity index (χ1v) is 19.7. The molecule has 0 unspecified atom stereocenters. The number of nitrogens with zero attached hydrogens (tertiary/aromatic N) is 3. The number of hydrogen-bond donors (Lipinski definition) is 4. The van der Waals surface area contributed by atoms with Crippen LogP contribution in [-0.4, -0.2) is 59.8 Å². The summed E-state index contributed by atoms with van der Waals surface area (Å²) in [6, 6.07) is 18.2. The number of urea groups is 1. The van der Waals surface area contributed by atoms with Crippen molar-refractivity contribution < 1.29 is 37.4 Å². The topological polar surface area (TPSA) is 170 Å². The molecule has 5 amide bonds. The number of ether oxygens (including phenoxy) is 2. The first-order chi connectivity index (χ1) is 28.3. The van der Waals surface area contributed by atoms with Crippen molar-refractivity contribution in [3.63, 3.8) is 0 Å². The van der Waals surface area contributed by atoms with Crippen LogP contribution in [0.15, 0.2) is 66.7 Å². The highest BCUT2D eigenvalue weighted by Gasteiger charge is 2.50. The molecule has 13 nitrogen and oxygen atoms in total. The van der Waals surface area contributed by atoms with Crippen LogP contribution in [0.3, 0.4) is 0 Å². The number of halogens is 3. The maximum atomic E-state index is 16.1. The number of rotatable bonds is 10. The molecule has 0 spiro atoms. The van der Waals surface area contributed by atoms with Gasteiger partial charge < -0.3 is 25.8 Å². The summed E-state index contributed by atoms with van der Waals surface area (Å²) >= 11 is 6.65. The van der Waals surface area contributed by atoms with E-state index in [0.717, 1.165) is 5.56 Å². The molecular weight excluding hydrogens is 784 g/mol. The minimum atomic E-state index is -1.11. The van der Waals surface area contributed by atoms with E-state index < -0.39 is 35.1 Å². The van der Waals surface area contributed by atoms with Gasteiger partial charge in [-0.1, -0.05) is 48.9 Å². The number of methoxy groups -OCH3 is 1. The molecule has 1 saturated heterocycles. The highest BCUT2D eigenvalue weighted by molar-refractivity contribution is 6.34. The Balaban J connectivity index is 0.992. The molecule has 3 aliphatic rings. The Labute approximate surface area is 343 Å². The highest BCUT2D eigenvalue weighted by atomic mass is 35.5. The van der Waals surface area contributed by atoms with Crippen LogP contribution in [0.5, 0.6) is 11.5 Å². The zero-order chi connectivity index (χ0) is 41.7. The molecule has 1 saturated carbocycles. The third kappa shape index (κ3) is 7.01. The second-order valence-corrected chi connectivity index (χ2v) is 15.6. The predicted molar refractivity (Wildman–Crippen MR) is 218 cm³/mol. The van der Waals surface area contributed by atoms with Crippen LogP contribution in [0, 0.1) is 17.6 Å². The predicted octanol–water partition coefficient (Wildman–Crippen LogP) is 6.90. The molecule has 4 aromatic carbocycles. The van der Waals surface area contributed by atoms with Gasteiger partial charge in [0.1, 0.15) is 11.6 Å². The van der Waals surface area contributed by atoms with Crippen LogP contribution >= 0.6 is 11.6 Å². The lowest BCUT2D eigenvalue weighted by Crippen LogP contribution is -2.49. The molecule has 2 atom stereocenters. The lowest BCUT2D eigenvalue weighted by Gasteiger charge is -2.37. The van der Waals surface area contributed by atoms with Crippen molar-refractivity contribution in [2.24, 2.45) is 18.7 Å². The smallest absolute Gasteiger partial charge is 0.329 e. The van der Waals surface area contributed by atoms with E-state index in [0.29, 0.717) is 53.7 Å². The van der Waals surface area contributed by atoms with E-state index in [1.54, 1.807) is 23.9 Å². The van der Waals surface area contributed by atoms with Crippen molar-refractivity contribution in [2.45, 2.75) is 56.6 Å². The van der Waals surface area contributed by atoms with Gasteiger partial charge in [0.15, 0.2) is 23.0 Å².